The Hall–Kier alpha value is -1.66. The molecule has 1 unspecified atom stereocenters. The van der Waals surface area contributed by atoms with E-state index in [1.165, 1.54) is 37.7 Å². The smallest absolute Gasteiger partial charge is 0.337 e. The first-order valence-corrected chi connectivity index (χ1v) is 8.41. The molecular formula is C17H27N3O3. The number of esters is 1. The van der Waals surface area contributed by atoms with Crippen LogP contribution in [0.25, 0.3) is 0 Å². The first kappa shape index (κ1) is 17.7. The number of ether oxygens (including phenoxy) is 1. The summed E-state index contributed by atoms with van der Waals surface area (Å²) in [6.07, 6.45) is 13.6. The lowest BCUT2D eigenvalue weighted by molar-refractivity contribution is -0.156. The van der Waals surface area contributed by atoms with Crippen LogP contribution in [0.2, 0.25) is 0 Å². The summed E-state index contributed by atoms with van der Waals surface area (Å²) in [6, 6.07) is 0. The molecule has 1 aliphatic carbocycles. The van der Waals surface area contributed by atoms with Gasteiger partial charge in [-0.05, 0) is 25.7 Å². The van der Waals surface area contributed by atoms with Crippen molar-refractivity contribution in [2.24, 2.45) is 11.8 Å². The van der Waals surface area contributed by atoms with Crippen LogP contribution in [0.15, 0.2) is 30.4 Å². The lowest BCUT2D eigenvalue weighted by atomic mass is 9.83. The van der Waals surface area contributed by atoms with Crippen molar-refractivity contribution in [3.63, 3.8) is 0 Å². The minimum Gasteiger partial charge on any atom is -0.464 e. The third-order valence-corrected chi connectivity index (χ3v) is 4.36. The maximum absolute atomic E-state index is 11.8. The standard InChI is InChI=1S/C17H27N3O3/c1-2-22-17(21)16(23-18)9-8-15(12-20-11-10-19-13-20)14-6-4-3-5-7-14/h8,10-11,13-14,16H,2-7,9,12,18H2,1H3. The predicted molar refractivity (Wildman–Crippen MR) is 87.2 cm³/mol. The van der Waals surface area contributed by atoms with E-state index in [1.54, 1.807) is 13.1 Å². The van der Waals surface area contributed by atoms with Gasteiger partial charge in [0.2, 0.25) is 0 Å². The third-order valence-electron chi connectivity index (χ3n) is 4.36. The average Bonchev–Trinajstić information content (AvgIpc) is 3.08. The molecule has 6 heteroatoms. The monoisotopic (exact) mass is 321 g/mol. The summed E-state index contributed by atoms with van der Waals surface area (Å²) in [6.45, 7) is 2.89. The fourth-order valence-electron chi connectivity index (χ4n) is 3.13. The zero-order valence-corrected chi connectivity index (χ0v) is 13.8. The first-order valence-electron chi connectivity index (χ1n) is 8.41. The van der Waals surface area contributed by atoms with Gasteiger partial charge in [0.25, 0.3) is 0 Å². The van der Waals surface area contributed by atoms with Crippen molar-refractivity contribution in [3.8, 4) is 0 Å². The molecule has 0 bridgehead atoms. The fourth-order valence-corrected chi connectivity index (χ4v) is 3.13. The minimum absolute atomic E-state index is 0.326. The van der Waals surface area contributed by atoms with Crippen LogP contribution in [-0.4, -0.2) is 28.2 Å². The van der Waals surface area contributed by atoms with Crippen LogP contribution in [-0.2, 0) is 20.9 Å². The van der Waals surface area contributed by atoms with Crippen molar-refractivity contribution in [1.29, 1.82) is 0 Å². The van der Waals surface area contributed by atoms with E-state index in [0.29, 0.717) is 18.9 Å². The molecule has 1 atom stereocenters. The van der Waals surface area contributed by atoms with E-state index in [2.05, 4.69) is 15.6 Å². The summed E-state index contributed by atoms with van der Waals surface area (Å²) >= 11 is 0. The minimum atomic E-state index is -0.740. The van der Waals surface area contributed by atoms with Gasteiger partial charge in [-0.3, -0.25) is 4.84 Å². The molecule has 1 saturated carbocycles. The molecule has 1 heterocycles. The zero-order valence-electron chi connectivity index (χ0n) is 13.8. The number of nitrogens with two attached hydrogens (primary N) is 1. The number of imidazole rings is 1. The Morgan fingerprint density at radius 3 is 2.83 bits per heavy atom. The third kappa shape index (κ3) is 5.48. The number of aromatic nitrogens is 2. The van der Waals surface area contributed by atoms with Crippen LogP contribution < -0.4 is 5.90 Å². The summed E-state index contributed by atoms with van der Waals surface area (Å²) in [5.74, 6) is 5.42. The van der Waals surface area contributed by atoms with Crippen molar-refractivity contribution in [1.82, 2.24) is 9.55 Å². The Kier molecular flexibility index (Phi) is 7.29. The number of carbonyl (C=O) groups excluding carboxylic acids is 1. The van der Waals surface area contributed by atoms with Crippen LogP contribution >= 0.6 is 0 Å². The van der Waals surface area contributed by atoms with Crippen molar-refractivity contribution in [2.45, 2.75) is 58.1 Å². The van der Waals surface area contributed by atoms with Crippen LogP contribution in [0, 0.1) is 5.92 Å². The molecule has 1 fully saturated rings. The number of nitrogens with zero attached hydrogens (tertiary/aromatic N) is 2. The summed E-state index contributed by atoms with van der Waals surface area (Å²) in [5.41, 5.74) is 1.33. The van der Waals surface area contributed by atoms with E-state index in [4.69, 9.17) is 15.5 Å². The van der Waals surface area contributed by atoms with E-state index >= 15 is 0 Å². The summed E-state index contributed by atoms with van der Waals surface area (Å²) in [4.78, 5) is 20.7. The Labute approximate surface area is 137 Å². The Morgan fingerprint density at radius 2 is 2.22 bits per heavy atom. The highest BCUT2D eigenvalue weighted by Crippen LogP contribution is 2.31. The van der Waals surface area contributed by atoms with Crippen LogP contribution in [0.3, 0.4) is 0 Å². The van der Waals surface area contributed by atoms with Crippen molar-refractivity contribution < 1.29 is 14.4 Å². The van der Waals surface area contributed by atoms with Gasteiger partial charge in [-0.15, -0.1) is 0 Å². The van der Waals surface area contributed by atoms with Gasteiger partial charge in [0.05, 0.1) is 12.9 Å². The molecular weight excluding hydrogens is 294 g/mol. The zero-order chi connectivity index (χ0) is 16.5. The second-order valence-corrected chi connectivity index (χ2v) is 5.96. The van der Waals surface area contributed by atoms with Crippen LogP contribution in [0.5, 0.6) is 0 Å². The molecule has 0 aromatic carbocycles. The van der Waals surface area contributed by atoms with E-state index < -0.39 is 12.1 Å². The molecule has 0 amide bonds. The number of hydrogen-bond donors (Lipinski definition) is 1. The number of hydrogen-bond acceptors (Lipinski definition) is 5. The topological polar surface area (TPSA) is 79.4 Å². The summed E-state index contributed by atoms with van der Waals surface area (Å²) in [7, 11) is 0. The number of carbonyl (C=O) groups is 1. The van der Waals surface area contributed by atoms with E-state index in [0.717, 1.165) is 6.54 Å². The van der Waals surface area contributed by atoms with Gasteiger partial charge in [0, 0.05) is 25.4 Å². The fraction of sp³-hybridized carbons (Fsp3) is 0.647. The van der Waals surface area contributed by atoms with Gasteiger partial charge in [-0.2, -0.15) is 0 Å². The highest BCUT2D eigenvalue weighted by atomic mass is 16.6. The van der Waals surface area contributed by atoms with Crippen LogP contribution in [0.1, 0.15) is 45.4 Å². The Balaban J connectivity index is 2.06. The number of allylic oxidation sites excluding steroid dienone is 1. The second-order valence-electron chi connectivity index (χ2n) is 5.96. The quantitative estimate of drug-likeness (QED) is 0.452. The molecule has 2 N–H and O–H groups in total. The van der Waals surface area contributed by atoms with Gasteiger partial charge < -0.3 is 9.30 Å². The molecule has 128 valence electrons. The highest BCUT2D eigenvalue weighted by molar-refractivity contribution is 5.74. The summed E-state index contributed by atoms with van der Waals surface area (Å²) < 4.78 is 7.05. The molecule has 0 spiro atoms. The van der Waals surface area contributed by atoms with Crippen molar-refractivity contribution in [3.05, 3.63) is 30.4 Å². The maximum atomic E-state index is 11.8. The second kappa shape index (κ2) is 9.47. The van der Waals surface area contributed by atoms with Crippen molar-refractivity contribution in [2.75, 3.05) is 6.61 Å². The average molecular weight is 321 g/mol. The van der Waals surface area contributed by atoms with Gasteiger partial charge in [-0.1, -0.05) is 30.9 Å². The van der Waals surface area contributed by atoms with E-state index in [1.807, 2.05) is 12.5 Å². The largest absolute Gasteiger partial charge is 0.464 e. The van der Waals surface area contributed by atoms with Gasteiger partial charge in [0.1, 0.15) is 0 Å². The van der Waals surface area contributed by atoms with E-state index in [-0.39, 0.29) is 0 Å². The lowest BCUT2D eigenvalue weighted by Gasteiger charge is -2.25. The normalized spacial score (nSPS) is 17.9. The molecule has 1 aromatic rings. The highest BCUT2D eigenvalue weighted by Gasteiger charge is 2.22. The molecule has 0 radical (unpaired) electrons. The molecule has 6 nitrogen and oxygen atoms in total. The summed E-state index contributed by atoms with van der Waals surface area (Å²) in [5, 5.41) is 0. The Bertz CT molecular complexity index is 493. The van der Waals surface area contributed by atoms with E-state index in [9.17, 15) is 4.79 Å². The first-order chi connectivity index (χ1) is 11.2. The molecule has 1 aliphatic rings. The lowest BCUT2D eigenvalue weighted by Crippen LogP contribution is -2.29. The van der Waals surface area contributed by atoms with Crippen molar-refractivity contribution >= 4 is 5.97 Å². The van der Waals surface area contributed by atoms with Gasteiger partial charge in [-0.25, -0.2) is 15.7 Å². The SMILES string of the molecule is CCOC(=O)C(CC=C(Cn1ccnc1)C1CCCCC1)ON. The molecule has 1 aromatic heterocycles. The Morgan fingerprint density at radius 1 is 1.43 bits per heavy atom. The molecule has 0 aliphatic heterocycles. The van der Waals surface area contributed by atoms with Crippen LogP contribution in [0.4, 0.5) is 0 Å². The van der Waals surface area contributed by atoms with Gasteiger partial charge >= 0.3 is 5.97 Å². The predicted octanol–water partition coefficient (Wildman–Crippen LogP) is 2.60. The maximum Gasteiger partial charge on any atom is 0.337 e. The van der Waals surface area contributed by atoms with Gasteiger partial charge in [0.15, 0.2) is 6.10 Å². The molecule has 2 rings (SSSR count). The number of rotatable bonds is 8. The molecule has 0 saturated heterocycles. The molecule has 23 heavy (non-hydrogen) atoms.